The predicted molar refractivity (Wildman–Crippen MR) is 101 cm³/mol. The van der Waals surface area contributed by atoms with Crippen molar-refractivity contribution in [3.8, 4) is 11.4 Å². The maximum absolute atomic E-state index is 4.57. The van der Waals surface area contributed by atoms with Crippen LogP contribution in [0.4, 0.5) is 5.82 Å². The molecule has 6 heteroatoms. The Hall–Kier alpha value is -3.28. The zero-order valence-electron chi connectivity index (χ0n) is 14.5. The van der Waals surface area contributed by atoms with Gasteiger partial charge in [0.05, 0.1) is 12.1 Å². The summed E-state index contributed by atoms with van der Waals surface area (Å²) in [5.74, 6) is 2.87. The summed E-state index contributed by atoms with van der Waals surface area (Å²) in [7, 11) is 0. The van der Waals surface area contributed by atoms with E-state index < -0.39 is 0 Å². The fourth-order valence-corrected chi connectivity index (χ4v) is 3.61. The average Bonchev–Trinajstić information content (AvgIpc) is 3.12. The van der Waals surface area contributed by atoms with Crippen LogP contribution in [0, 0.1) is 6.92 Å². The molecule has 1 aliphatic heterocycles. The van der Waals surface area contributed by atoms with Gasteiger partial charge in [-0.15, -0.1) is 10.2 Å². The van der Waals surface area contributed by atoms with Gasteiger partial charge in [-0.25, -0.2) is 9.97 Å². The Morgan fingerprint density at radius 1 is 0.885 bits per heavy atom. The highest BCUT2D eigenvalue weighted by Crippen LogP contribution is 2.29. The van der Waals surface area contributed by atoms with E-state index in [4.69, 9.17) is 0 Å². The van der Waals surface area contributed by atoms with Crippen molar-refractivity contribution in [2.75, 3.05) is 11.4 Å². The highest BCUT2D eigenvalue weighted by molar-refractivity contribution is 5.91. The van der Waals surface area contributed by atoms with E-state index in [0.717, 1.165) is 52.6 Å². The third kappa shape index (κ3) is 2.34. The van der Waals surface area contributed by atoms with E-state index in [2.05, 4.69) is 66.9 Å². The Labute approximate surface area is 151 Å². The van der Waals surface area contributed by atoms with Gasteiger partial charge in [0.25, 0.3) is 0 Å². The predicted octanol–water partition coefficient (Wildman–Crippen LogP) is 3.22. The molecule has 0 bridgehead atoms. The summed E-state index contributed by atoms with van der Waals surface area (Å²) in [6.07, 6.45) is 1.65. The van der Waals surface area contributed by atoms with Crippen molar-refractivity contribution in [1.82, 2.24) is 24.7 Å². The lowest BCUT2D eigenvalue weighted by atomic mass is 10.1. The van der Waals surface area contributed by atoms with Crippen molar-refractivity contribution in [2.24, 2.45) is 0 Å². The van der Waals surface area contributed by atoms with E-state index >= 15 is 0 Å². The summed E-state index contributed by atoms with van der Waals surface area (Å²) in [6.45, 7) is 4.48. The molecule has 2 aromatic heterocycles. The van der Waals surface area contributed by atoms with Crippen LogP contribution in [0.5, 0.6) is 0 Å². The monoisotopic (exact) mass is 342 g/mol. The Morgan fingerprint density at radius 2 is 1.77 bits per heavy atom. The Kier molecular flexibility index (Phi) is 3.41. The van der Waals surface area contributed by atoms with Crippen molar-refractivity contribution in [1.29, 1.82) is 0 Å². The first-order chi connectivity index (χ1) is 12.8. The number of para-hydroxylation sites is 1. The van der Waals surface area contributed by atoms with Crippen LogP contribution in [0.1, 0.15) is 11.4 Å². The minimum atomic E-state index is 0.694. The molecule has 128 valence electrons. The maximum atomic E-state index is 4.57. The number of benzene rings is 2. The topological polar surface area (TPSA) is 59.7 Å². The van der Waals surface area contributed by atoms with E-state index in [1.807, 2.05) is 18.2 Å². The third-order valence-corrected chi connectivity index (χ3v) is 4.93. The van der Waals surface area contributed by atoms with Gasteiger partial charge in [0.2, 0.25) is 0 Å². The number of hydrogen-bond donors (Lipinski definition) is 0. The smallest absolute Gasteiger partial charge is 0.164 e. The molecular formula is C20H18N6. The number of hydrogen-bond acceptors (Lipinski definition) is 5. The Bertz CT molecular complexity index is 1090. The van der Waals surface area contributed by atoms with Gasteiger partial charge >= 0.3 is 0 Å². The van der Waals surface area contributed by atoms with Crippen LogP contribution in [-0.4, -0.2) is 31.3 Å². The van der Waals surface area contributed by atoms with Crippen LogP contribution in [0.3, 0.4) is 0 Å². The highest BCUT2D eigenvalue weighted by atomic mass is 15.3. The van der Waals surface area contributed by atoms with Crippen LogP contribution in [0.2, 0.25) is 0 Å². The SMILES string of the molecule is Cc1cccc2c(N3CCn4c(nnc4-c4ccccc4)C3)ncnc12. The fraction of sp³-hybridized carbons (Fsp3) is 0.200. The molecule has 1 aliphatic rings. The third-order valence-electron chi connectivity index (χ3n) is 4.93. The van der Waals surface area contributed by atoms with E-state index in [1.165, 1.54) is 0 Å². The van der Waals surface area contributed by atoms with Gasteiger partial charge in [0.1, 0.15) is 12.1 Å². The first-order valence-electron chi connectivity index (χ1n) is 8.74. The minimum absolute atomic E-state index is 0.694. The molecule has 0 aliphatic carbocycles. The highest BCUT2D eigenvalue weighted by Gasteiger charge is 2.24. The molecule has 26 heavy (non-hydrogen) atoms. The van der Waals surface area contributed by atoms with Crippen LogP contribution >= 0.6 is 0 Å². The van der Waals surface area contributed by atoms with E-state index in [0.29, 0.717) is 6.54 Å². The zero-order chi connectivity index (χ0) is 17.5. The largest absolute Gasteiger partial charge is 0.347 e. The number of fused-ring (bicyclic) bond motifs is 2. The number of nitrogens with zero attached hydrogens (tertiary/aromatic N) is 6. The summed E-state index contributed by atoms with van der Waals surface area (Å²) in [5.41, 5.74) is 3.27. The molecule has 0 N–H and O–H groups in total. The lowest BCUT2D eigenvalue weighted by Gasteiger charge is -2.29. The quantitative estimate of drug-likeness (QED) is 0.560. The van der Waals surface area contributed by atoms with Crippen molar-refractivity contribution in [2.45, 2.75) is 20.0 Å². The summed E-state index contributed by atoms with van der Waals surface area (Å²) in [5, 5.41) is 9.95. The molecule has 4 aromatic rings. The van der Waals surface area contributed by atoms with Crippen molar-refractivity contribution in [3.05, 3.63) is 66.2 Å². The number of anilines is 1. The average molecular weight is 342 g/mol. The van der Waals surface area contributed by atoms with Gasteiger partial charge in [-0.1, -0.05) is 42.5 Å². The van der Waals surface area contributed by atoms with Crippen LogP contribution < -0.4 is 4.90 Å². The standard InChI is InChI=1S/C20H18N6/c1-14-6-5-9-16-18(14)21-13-22-20(16)25-10-11-26-17(12-25)23-24-19(26)15-7-3-2-4-8-15/h2-9,13H,10-12H2,1H3. The van der Waals surface area contributed by atoms with E-state index in [9.17, 15) is 0 Å². The van der Waals surface area contributed by atoms with Crippen molar-refractivity contribution >= 4 is 16.7 Å². The van der Waals surface area contributed by atoms with Gasteiger partial charge in [-0.2, -0.15) is 0 Å². The second-order valence-corrected chi connectivity index (χ2v) is 6.55. The lowest BCUT2D eigenvalue weighted by Crippen LogP contribution is -2.34. The van der Waals surface area contributed by atoms with Crippen LogP contribution in [0.15, 0.2) is 54.9 Å². The Balaban J connectivity index is 1.53. The molecule has 0 fully saturated rings. The van der Waals surface area contributed by atoms with Crippen molar-refractivity contribution in [3.63, 3.8) is 0 Å². The number of aromatic nitrogens is 5. The van der Waals surface area contributed by atoms with E-state index in [-0.39, 0.29) is 0 Å². The van der Waals surface area contributed by atoms with E-state index in [1.54, 1.807) is 6.33 Å². The Morgan fingerprint density at radius 3 is 2.65 bits per heavy atom. The number of rotatable bonds is 2. The van der Waals surface area contributed by atoms with Crippen LogP contribution in [0.25, 0.3) is 22.3 Å². The van der Waals surface area contributed by atoms with Gasteiger partial charge in [0, 0.05) is 24.0 Å². The first kappa shape index (κ1) is 15.0. The summed E-state index contributed by atoms with van der Waals surface area (Å²) in [4.78, 5) is 11.3. The molecular weight excluding hydrogens is 324 g/mol. The molecule has 0 amide bonds. The van der Waals surface area contributed by atoms with Gasteiger partial charge < -0.3 is 9.47 Å². The molecule has 0 unspecified atom stereocenters. The normalized spacial score (nSPS) is 13.8. The fourth-order valence-electron chi connectivity index (χ4n) is 3.61. The maximum Gasteiger partial charge on any atom is 0.164 e. The molecule has 0 spiro atoms. The molecule has 0 atom stereocenters. The number of aryl methyl sites for hydroxylation is 1. The van der Waals surface area contributed by atoms with Crippen LogP contribution in [-0.2, 0) is 13.1 Å². The molecule has 0 radical (unpaired) electrons. The second-order valence-electron chi connectivity index (χ2n) is 6.55. The van der Waals surface area contributed by atoms with Gasteiger partial charge in [-0.3, -0.25) is 0 Å². The molecule has 2 aromatic carbocycles. The summed E-state index contributed by atoms with van der Waals surface area (Å²) >= 11 is 0. The molecule has 0 saturated heterocycles. The van der Waals surface area contributed by atoms with Gasteiger partial charge in [0.15, 0.2) is 11.6 Å². The second kappa shape index (κ2) is 5.91. The first-order valence-corrected chi connectivity index (χ1v) is 8.74. The summed E-state index contributed by atoms with van der Waals surface area (Å²) < 4.78 is 2.21. The lowest BCUT2D eigenvalue weighted by molar-refractivity contribution is 0.561. The summed E-state index contributed by atoms with van der Waals surface area (Å²) in [6, 6.07) is 16.5. The molecule has 5 rings (SSSR count). The minimum Gasteiger partial charge on any atom is -0.347 e. The van der Waals surface area contributed by atoms with Crippen molar-refractivity contribution < 1.29 is 0 Å². The molecule has 0 saturated carbocycles. The van der Waals surface area contributed by atoms with Gasteiger partial charge in [-0.05, 0) is 18.6 Å². The zero-order valence-corrected chi connectivity index (χ0v) is 14.5. The molecule has 3 heterocycles. The molecule has 6 nitrogen and oxygen atoms in total.